The van der Waals surface area contributed by atoms with E-state index in [1.165, 1.54) is 15.1 Å². The largest absolute Gasteiger partial charge is 0.381 e. The van der Waals surface area contributed by atoms with Crippen LogP contribution >= 0.6 is 0 Å². The van der Waals surface area contributed by atoms with Crippen LogP contribution in [0.25, 0.3) is 22.1 Å². The van der Waals surface area contributed by atoms with Crippen LogP contribution in [0.5, 0.6) is 0 Å². The van der Waals surface area contributed by atoms with E-state index in [0.717, 1.165) is 0 Å². The maximum Gasteiger partial charge on any atom is 0.264 e. The first kappa shape index (κ1) is 29.1. The minimum absolute atomic E-state index is 0.0240. The SMILES string of the molecule is C[C@@H](NC(=O)c1c(N)nn2cccnc12)c1cc2cccc(C#CC3CCN(S(C)(=O)=O)CC3)c2c(=O)n1-c1ccccc1. The van der Waals surface area contributed by atoms with Gasteiger partial charge in [0.05, 0.1) is 17.7 Å². The van der Waals surface area contributed by atoms with E-state index >= 15 is 0 Å². The Morgan fingerprint density at radius 2 is 1.84 bits per heavy atom. The van der Waals surface area contributed by atoms with Gasteiger partial charge in [-0.1, -0.05) is 42.2 Å². The number of piperidine rings is 1. The number of pyridine rings is 1. The Hall–Kier alpha value is -4.99. The quantitative estimate of drug-likeness (QED) is 0.291. The fourth-order valence-corrected chi connectivity index (χ4v) is 6.50. The van der Waals surface area contributed by atoms with Gasteiger partial charge < -0.3 is 11.1 Å². The molecule has 12 heteroatoms. The van der Waals surface area contributed by atoms with Gasteiger partial charge in [0.2, 0.25) is 10.0 Å². The Balaban J connectivity index is 1.39. The van der Waals surface area contributed by atoms with Crippen LogP contribution in [0.4, 0.5) is 5.82 Å². The number of fused-ring (bicyclic) bond motifs is 2. The van der Waals surface area contributed by atoms with E-state index in [0.29, 0.717) is 59.3 Å². The predicted octanol–water partition coefficient (Wildman–Crippen LogP) is 3.13. The second-order valence-corrected chi connectivity index (χ2v) is 12.8. The molecule has 0 spiro atoms. The summed E-state index contributed by atoms with van der Waals surface area (Å²) in [7, 11) is -3.22. The molecule has 4 heterocycles. The average molecular weight is 610 g/mol. The van der Waals surface area contributed by atoms with Crippen molar-refractivity contribution in [3.63, 3.8) is 0 Å². The summed E-state index contributed by atoms with van der Waals surface area (Å²) in [5, 5.41) is 8.32. The number of nitrogens with two attached hydrogens (primary N) is 1. The zero-order valence-corrected chi connectivity index (χ0v) is 25.1. The Kier molecular flexibility index (Phi) is 7.67. The normalized spacial score (nSPS) is 15.1. The summed E-state index contributed by atoms with van der Waals surface area (Å²) in [5.41, 5.74) is 8.12. The molecule has 0 aliphatic carbocycles. The Labute approximate surface area is 254 Å². The molecule has 0 bridgehead atoms. The topological polar surface area (TPSA) is 145 Å². The lowest BCUT2D eigenvalue weighted by Crippen LogP contribution is -2.37. The maximum atomic E-state index is 14.3. The molecular formula is C32H31N7O4S. The molecule has 44 heavy (non-hydrogen) atoms. The Bertz CT molecular complexity index is 2120. The molecule has 11 nitrogen and oxygen atoms in total. The molecule has 1 atom stereocenters. The minimum atomic E-state index is -3.22. The van der Waals surface area contributed by atoms with Gasteiger partial charge in [-0.2, -0.15) is 0 Å². The first-order valence-corrected chi connectivity index (χ1v) is 16.1. The molecule has 2 aromatic carbocycles. The standard InChI is InChI=1S/C32H31N7O4S/c1-21(35-31(40)28-29(33)36-38-17-7-16-34-30(28)38)26-20-24-9-6-8-23(13-12-22-14-18-37(19-15-22)44(2,42)43)27(24)32(41)39(26)25-10-4-3-5-11-25/h3-11,16-17,20-22H,14-15,18-19H2,1-2H3,(H2,33,36)(H,35,40)/t21-/m1/s1. The van der Waals surface area contributed by atoms with Gasteiger partial charge in [0.25, 0.3) is 11.5 Å². The molecule has 0 saturated carbocycles. The monoisotopic (exact) mass is 609 g/mol. The summed E-state index contributed by atoms with van der Waals surface area (Å²) in [6.45, 7) is 2.66. The van der Waals surface area contributed by atoms with Gasteiger partial charge in [-0.3, -0.25) is 14.2 Å². The van der Waals surface area contributed by atoms with Crippen LogP contribution in [0.3, 0.4) is 0 Å². The highest BCUT2D eigenvalue weighted by molar-refractivity contribution is 7.88. The van der Waals surface area contributed by atoms with E-state index in [1.807, 2.05) is 54.6 Å². The molecule has 5 aromatic rings. The summed E-state index contributed by atoms with van der Waals surface area (Å²) in [5.74, 6) is 6.12. The summed E-state index contributed by atoms with van der Waals surface area (Å²) < 4.78 is 28.3. The number of hydrogen-bond acceptors (Lipinski definition) is 7. The van der Waals surface area contributed by atoms with Crippen molar-refractivity contribution in [2.45, 2.75) is 25.8 Å². The molecule has 1 saturated heterocycles. The van der Waals surface area contributed by atoms with E-state index in [4.69, 9.17) is 5.73 Å². The first-order valence-electron chi connectivity index (χ1n) is 14.2. The zero-order chi connectivity index (χ0) is 31.0. The van der Waals surface area contributed by atoms with Gasteiger partial charge in [-0.25, -0.2) is 22.2 Å². The Morgan fingerprint density at radius 3 is 2.57 bits per heavy atom. The smallest absolute Gasteiger partial charge is 0.264 e. The number of para-hydroxylation sites is 1. The summed E-state index contributed by atoms with van der Waals surface area (Å²) in [4.78, 5) is 32.0. The molecule has 0 unspecified atom stereocenters. The van der Waals surface area contributed by atoms with E-state index in [1.54, 1.807) is 30.0 Å². The highest BCUT2D eigenvalue weighted by atomic mass is 32.2. The number of anilines is 1. The van der Waals surface area contributed by atoms with Crippen molar-refractivity contribution in [1.82, 2.24) is 28.8 Å². The predicted molar refractivity (Wildman–Crippen MR) is 169 cm³/mol. The van der Waals surface area contributed by atoms with Crippen LogP contribution in [0, 0.1) is 17.8 Å². The molecule has 0 radical (unpaired) electrons. The number of carbonyl (C=O) groups is 1. The van der Waals surface area contributed by atoms with E-state index in [-0.39, 0.29) is 22.9 Å². The number of aromatic nitrogens is 4. The third kappa shape index (κ3) is 5.55. The number of carbonyl (C=O) groups excluding carboxylic acids is 1. The number of hydrogen-bond donors (Lipinski definition) is 2. The summed E-state index contributed by atoms with van der Waals surface area (Å²) in [6, 6.07) is 17.7. The van der Waals surface area contributed by atoms with Crippen molar-refractivity contribution < 1.29 is 13.2 Å². The van der Waals surface area contributed by atoms with Crippen molar-refractivity contribution in [1.29, 1.82) is 0 Å². The van der Waals surface area contributed by atoms with Gasteiger partial charge in [0, 0.05) is 48.3 Å². The molecule has 224 valence electrons. The minimum Gasteiger partial charge on any atom is -0.381 e. The number of nitrogens with one attached hydrogen (secondary N) is 1. The maximum absolute atomic E-state index is 14.3. The van der Waals surface area contributed by atoms with Crippen molar-refractivity contribution in [3.8, 4) is 17.5 Å². The lowest BCUT2D eigenvalue weighted by molar-refractivity contribution is 0.0941. The van der Waals surface area contributed by atoms with E-state index in [9.17, 15) is 18.0 Å². The second kappa shape index (κ2) is 11.6. The van der Waals surface area contributed by atoms with E-state index in [2.05, 4.69) is 27.2 Å². The van der Waals surface area contributed by atoms with Crippen LogP contribution in [-0.2, 0) is 10.0 Å². The number of amides is 1. The van der Waals surface area contributed by atoms with E-state index < -0.39 is 22.0 Å². The highest BCUT2D eigenvalue weighted by Gasteiger charge is 2.25. The summed E-state index contributed by atoms with van der Waals surface area (Å²) >= 11 is 0. The molecular weight excluding hydrogens is 578 g/mol. The number of sulfonamides is 1. The first-order chi connectivity index (χ1) is 21.1. The van der Waals surface area contributed by atoms with Crippen LogP contribution in [0.1, 0.15) is 47.4 Å². The van der Waals surface area contributed by atoms with Crippen LogP contribution in [-0.4, -0.2) is 57.1 Å². The van der Waals surface area contributed by atoms with Gasteiger partial charge in [-0.15, -0.1) is 5.10 Å². The van der Waals surface area contributed by atoms with Crippen LogP contribution in [0.2, 0.25) is 0 Å². The fraction of sp³-hybridized carbons (Fsp3) is 0.250. The third-order valence-corrected chi connectivity index (χ3v) is 9.17. The zero-order valence-electron chi connectivity index (χ0n) is 24.3. The van der Waals surface area contributed by atoms with Gasteiger partial charge in [0.1, 0.15) is 5.56 Å². The van der Waals surface area contributed by atoms with Crippen molar-refractivity contribution >= 4 is 38.2 Å². The lowest BCUT2D eigenvalue weighted by Gasteiger charge is -2.27. The van der Waals surface area contributed by atoms with Crippen LogP contribution < -0.4 is 16.6 Å². The van der Waals surface area contributed by atoms with Gasteiger partial charge >= 0.3 is 0 Å². The molecule has 3 aromatic heterocycles. The highest BCUT2D eigenvalue weighted by Crippen LogP contribution is 2.25. The lowest BCUT2D eigenvalue weighted by atomic mass is 9.97. The van der Waals surface area contributed by atoms with Gasteiger partial charge in [0.15, 0.2) is 11.5 Å². The summed E-state index contributed by atoms with van der Waals surface area (Å²) in [6.07, 6.45) is 5.71. The number of nitrogens with zero attached hydrogens (tertiary/aromatic N) is 5. The van der Waals surface area contributed by atoms with Crippen molar-refractivity contribution in [2.24, 2.45) is 5.92 Å². The number of benzene rings is 2. The Morgan fingerprint density at radius 1 is 1.09 bits per heavy atom. The van der Waals surface area contributed by atoms with Crippen molar-refractivity contribution in [2.75, 3.05) is 25.1 Å². The van der Waals surface area contributed by atoms with Crippen LogP contribution in [0.15, 0.2) is 77.9 Å². The third-order valence-electron chi connectivity index (χ3n) is 7.86. The molecule has 1 aliphatic rings. The molecule has 1 fully saturated rings. The molecule has 1 aliphatic heterocycles. The second-order valence-electron chi connectivity index (χ2n) is 10.9. The fourth-order valence-electron chi connectivity index (χ4n) is 5.62. The molecule has 6 rings (SSSR count). The molecule has 1 amide bonds. The number of rotatable bonds is 5. The average Bonchev–Trinajstić information content (AvgIpc) is 3.35. The van der Waals surface area contributed by atoms with Crippen molar-refractivity contribution in [3.05, 3.63) is 100 Å². The van der Waals surface area contributed by atoms with Gasteiger partial charge in [-0.05, 0) is 55.5 Å². The number of nitrogen functional groups attached to an aromatic ring is 1. The molecule has 3 N–H and O–H groups in total.